The third kappa shape index (κ3) is 3.91. The van der Waals surface area contributed by atoms with E-state index in [2.05, 4.69) is 70.5 Å². The Morgan fingerprint density at radius 1 is 1.07 bits per heavy atom. The summed E-state index contributed by atoms with van der Waals surface area (Å²) in [6.45, 7) is 2.65. The molecule has 4 rings (SSSR count). The molecule has 1 amide bonds. The van der Waals surface area contributed by atoms with Crippen LogP contribution in [0.3, 0.4) is 0 Å². The minimum Gasteiger partial charge on any atom is -0.361 e. The fraction of sp³-hybridized carbons (Fsp3) is 0.348. The average molecular weight is 361 g/mol. The molecule has 1 atom stereocenters. The lowest BCUT2D eigenvalue weighted by Crippen LogP contribution is -2.49. The van der Waals surface area contributed by atoms with Crippen molar-refractivity contribution in [3.05, 3.63) is 71.9 Å². The van der Waals surface area contributed by atoms with Gasteiger partial charge >= 0.3 is 0 Å². The van der Waals surface area contributed by atoms with Crippen molar-refractivity contribution in [2.45, 2.75) is 25.3 Å². The maximum atomic E-state index is 13.0. The van der Waals surface area contributed by atoms with E-state index in [-0.39, 0.29) is 11.9 Å². The van der Waals surface area contributed by atoms with E-state index >= 15 is 0 Å². The van der Waals surface area contributed by atoms with Gasteiger partial charge in [-0.25, -0.2) is 0 Å². The molecule has 4 heteroatoms. The lowest BCUT2D eigenvalue weighted by Gasteiger charge is -2.40. The van der Waals surface area contributed by atoms with Crippen LogP contribution in [0.2, 0.25) is 0 Å². The molecule has 1 fully saturated rings. The van der Waals surface area contributed by atoms with Crippen LogP contribution < -0.4 is 0 Å². The van der Waals surface area contributed by atoms with Crippen LogP contribution in [-0.4, -0.2) is 47.4 Å². The first kappa shape index (κ1) is 17.8. The van der Waals surface area contributed by atoms with Crippen LogP contribution in [0.1, 0.15) is 30.0 Å². The number of H-pyrrole nitrogens is 1. The SMILES string of the molecule is CN1CCN(C(=O)CCCc2c[nH]c3ccccc23)[C@@H](c2ccccc2)C1. The number of piperazine rings is 1. The molecule has 1 saturated heterocycles. The van der Waals surface area contributed by atoms with E-state index in [1.54, 1.807) is 0 Å². The molecule has 0 unspecified atom stereocenters. The Morgan fingerprint density at radius 2 is 1.85 bits per heavy atom. The number of aryl methyl sites for hydroxylation is 1. The van der Waals surface area contributed by atoms with Gasteiger partial charge in [-0.2, -0.15) is 0 Å². The second-order valence-electron chi connectivity index (χ2n) is 7.49. The maximum Gasteiger partial charge on any atom is 0.223 e. The highest BCUT2D eigenvalue weighted by molar-refractivity contribution is 5.83. The highest BCUT2D eigenvalue weighted by atomic mass is 16.2. The number of fused-ring (bicyclic) bond motifs is 1. The largest absolute Gasteiger partial charge is 0.361 e. The molecular formula is C23H27N3O. The zero-order chi connectivity index (χ0) is 18.6. The van der Waals surface area contributed by atoms with E-state index in [1.165, 1.54) is 22.0 Å². The predicted molar refractivity (Wildman–Crippen MR) is 110 cm³/mol. The molecule has 3 aromatic rings. The Hall–Kier alpha value is -2.59. The Morgan fingerprint density at radius 3 is 2.70 bits per heavy atom. The number of benzene rings is 2. The molecule has 0 saturated carbocycles. The molecular weight excluding hydrogens is 334 g/mol. The van der Waals surface area contributed by atoms with Gasteiger partial charge in [0.1, 0.15) is 0 Å². The van der Waals surface area contributed by atoms with Crippen molar-refractivity contribution < 1.29 is 4.79 Å². The van der Waals surface area contributed by atoms with Crippen molar-refractivity contribution in [2.24, 2.45) is 0 Å². The molecule has 0 spiro atoms. The molecule has 1 aliphatic heterocycles. The summed E-state index contributed by atoms with van der Waals surface area (Å²) in [7, 11) is 2.13. The number of carbonyl (C=O) groups excluding carboxylic acids is 1. The minimum absolute atomic E-state index is 0.158. The van der Waals surface area contributed by atoms with Crippen molar-refractivity contribution in [3.63, 3.8) is 0 Å². The smallest absolute Gasteiger partial charge is 0.223 e. The lowest BCUT2D eigenvalue weighted by atomic mass is 10.0. The van der Waals surface area contributed by atoms with Crippen LogP contribution in [0.4, 0.5) is 0 Å². The van der Waals surface area contributed by atoms with E-state index in [0.29, 0.717) is 6.42 Å². The zero-order valence-electron chi connectivity index (χ0n) is 15.9. The summed E-state index contributed by atoms with van der Waals surface area (Å²) in [4.78, 5) is 20.7. The summed E-state index contributed by atoms with van der Waals surface area (Å²) in [5, 5.41) is 1.27. The van der Waals surface area contributed by atoms with Crippen LogP contribution >= 0.6 is 0 Å². The number of aromatic nitrogens is 1. The molecule has 4 nitrogen and oxygen atoms in total. The van der Waals surface area contributed by atoms with Crippen LogP contribution in [0.5, 0.6) is 0 Å². The zero-order valence-corrected chi connectivity index (χ0v) is 15.9. The van der Waals surface area contributed by atoms with Crippen LogP contribution in [-0.2, 0) is 11.2 Å². The van der Waals surface area contributed by atoms with Crippen molar-refractivity contribution in [3.8, 4) is 0 Å². The number of nitrogens with zero attached hydrogens (tertiary/aromatic N) is 2. The number of nitrogens with one attached hydrogen (secondary N) is 1. The third-order valence-corrected chi connectivity index (χ3v) is 5.60. The molecule has 27 heavy (non-hydrogen) atoms. The van der Waals surface area contributed by atoms with Crippen molar-refractivity contribution in [2.75, 3.05) is 26.7 Å². The summed E-state index contributed by atoms with van der Waals surface area (Å²) in [5.41, 5.74) is 3.70. The third-order valence-electron chi connectivity index (χ3n) is 5.60. The molecule has 140 valence electrons. The standard InChI is InChI=1S/C23H27N3O/c1-25-14-15-26(22(17-25)18-8-3-2-4-9-18)23(27)13-7-10-19-16-24-21-12-6-5-11-20(19)21/h2-6,8-9,11-12,16,22,24H,7,10,13-15,17H2,1H3/t22-/m1/s1. The van der Waals surface area contributed by atoms with Gasteiger partial charge in [-0.3, -0.25) is 4.79 Å². The van der Waals surface area contributed by atoms with Crippen molar-refractivity contribution in [1.82, 2.24) is 14.8 Å². The summed E-state index contributed by atoms with van der Waals surface area (Å²) in [6, 6.07) is 18.9. The number of rotatable bonds is 5. The number of amides is 1. The number of hydrogen-bond acceptors (Lipinski definition) is 2. The van der Waals surface area contributed by atoms with Gasteiger partial charge in [0.05, 0.1) is 6.04 Å². The van der Waals surface area contributed by atoms with E-state index < -0.39 is 0 Å². The first-order valence-electron chi connectivity index (χ1n) is 9.80. The first-order valence-corrected chi connectivity index (χ1v) is 9.80. The summed E-state index contributed by atoms with van der Waals surface area (Å²) >= 11 is 0. The summed E-state index contributed by atoms with van der Waals surface area (Å²) in [6.07, 6.45) is 4.50. The normalized spacial score (nSPS) is 18.1. The topological polar surface area (TPSA) is 39.3 Å². The highest BCUT2D eigenvalue weighted by Gasteiger charge is 2.29. The van der Waals surface area contributed by atoms with Gasteiger partial charge in [0.2, 0.25) is 5.91 Å². The van der Waals surface area contributed by atoms with Crippen LogP contribution in [0.15, 0.2) is 60.8 Å². The fourth-order valence-corrected chi connectivity index (χ4v) is 4.09. The van der Waals surface area contributed by atoms with Gasteiger partial charge in [-0.1, -0.05) is 48.5 Å². The Labute approximate surface area is 160 Å². The average Bonchev–Trinajstić information content (AvgIpc) is 3.12. The van der Waals surface area contributed by atoms with Crippen LogP contribution in [0.25, 0.3) is 10.9 Å². The molecule has 1 aliphatic rings. The number of para-hydroxylation sites is 1. The molecule has 0 radical (unpaired) electrons. The monoisotopic (exact) mass is 361 g/mol. The Bertz CT molecular complexity index is 902. The van der Waals surface area contributed by atoms with Gasteiger partial charge in [0.25, 0.3) is 0 Å². The van der Waals surface area contributed by atoms with Gasteiger partial charge in [-0.05, 0) is 37.1 Å². The van der Waals surface area contributed by atoms with E-state index in [4.69, 9.17) is 0 Å². The summed E-state index contributed by atoms with van der Waals surface area (Å²) < 4.78 is 0. The second kappa shape index (κ2) is 7.97. The number of likely N-dealkylation sites (N-methyl/N-ethyl adjacent to an activating group) is 1. The second-order valence-corrected chi connectivity index (χ2v) is 7.49. The number of hydrogen-bond donors (Lipinski definition) is 1. The number of carbonyl (C=O) groups is 1. The highest BCUT2D eigenvalue weighted by Crippen LogP contribution is 2.26. The summed E-state index contributed by atoms with van der Waals surface area (Å²) in [5.74, 6) is 0.275. The van der Waals surface area contributed by atoms with Crippen molar-refractivity contribution >= 4 is 16.8 Å². The lowest BCUT2D eigenvalue weighted by molar-refractivity contribution is -0.136. The molecule has 2 heterocycles. The Balaban J connectivity index is 1.40. The van der Waals surface area contributed by atoms with Crippen molar-refractivity contribution in [1.29, 1.82) is 0 Å². The maximum absolute atomic E-state index is 13.0. The fourth-order valence-electron chi connectivity index (χ4n) is 4.09. The molecule has 1 aromatic heterocycles. The molecule has 1 N–H and O–H groups in total. The van der Waals surface area contributed by atoms with E-state index in [1.807, 2.05) is 12.1 Å². The molecule has 0 bridgehead atoms. The van der Waals surface area contributed by atoms with Gasteiger partial charge in [0.15, 0.2) is 0 Å². The predicted octanol–water partition coefficient (Wildman–Crippen LogP) is 4.01. The van der Waals surface area contributed by atoms with Gasteiger partial charge in [-0.15, -0.1) is 0 Å². The molecule has 2 aromatic carbocycles. The van der Waals surface area contributed by atoms with Gasteiger partial charge < -0.3 is 14.8 Å². The van der Waals surface area contributed by atoms with Gasteiger partial charge in [0, 0.05) is 43.2 Å². The van der Waals surface area contributed by atoms with Crippen LogP contribution in [0, 0.1) is 0 Å². The Kier molecular flexibility index (Phi) is 5.26. The van der Waals surface area contributed by atoms with E-state index in [9.17, 15) is 4.79 Å². The minimum atomic E-state index is 0.158. The molecule has 0 aliphatic carbocycles. The van der Waals surface area contributed by atoms with E-state index in [0.717, 1.165) is 32.5 Å². The quantitative estimate of drug-likeness (QED) is 0.746. The number of aromatic amines is 1. The first-order chi connectivity index (χ1) is 13.2.